The molecule has 0 radical (unpaired) electrons. The van der Waals surface area contributed by atoms with Crippen molar-refractivity contribution < 1.29 is 0 Å². The highest BCUT2D eigenvalue weighted by molar-refractivity contribution is 5.98. The number of benzene rings is 3. The summed E-state index contributed by atoms with van der Waals surface area (Å²) in [6.07, 6.45) is 0. The third-order valence-electron chi connectivity index (χ3n) is 4.05. The fraction of sp³-hybridized carbons (Fsp3) is 0.190. The maximum atomic E-state index is 9.59. The highest BCUT2D eigenvalue weighted by Crippen LogP contribution is 2.38. The SMILES string of the molecule is CC(C)(C)c1cccc(C#N)c1-c1cccc2ccccc12. The summed E-state index contributed by atoms with van der Waals surface area (Å²) in [5.74, 6) is 0. The minimum atomic E-state index is -0.0147. The van der Waals surface area contributed by atoms with Crippen LogP contribution in [0, 0.1) is 11.3 Å². The maximum Gasteiger partial charge on any atom is 0.0998 e. The Balaban J connectivity index is 2.43. The quantitative estimate of drug-likeness (QED) is 0.564. The van der Waals surface area contributed by atoms with Crippen LogP contribution in [0.1, 0.15) is 31.9 Å². The molecule has 3 aromatic carbocycles. The second kappa shape index (κ2) is 5.31. The van der Waals surface area contributed by atoms with Crippen LogP contribution in [0.15, 0.2) is 60.7 Å². The fourth-order valence-corrected chi connectivity index (χ4v) is 3.00. The minimum Gasteiger partial charge on any atom is -0.192 e. The van der Waals surface area contributed by atoms with Crippen molar-refractivity contribution in [2.24, 2.45) is 0 Å². The molecule has 3 rings (SSSR count). The van der Waals surface area contributed by atoms with Gasteiger partial charge in [-0.25, -0.2) is 0 Å². The molecule has 0 heterocycles. The summed E-state index contributed by atoms with van der Waals surface area (Å²) < 4.78 is 0. The molecule has 1 heteroatoms. The third kappa shape index (κ3) is 2.38. The van der Waals surface area contributed by atoms with Crippen LogP contribution in [0.5, 0.6) is 0 Å². The highest BCUT2D eigenvalue weighted by Gasteiger charge is 2.22. The van der Waals surface area contributed by atoms with E-state index in [0.717, 1.165) is 16.7 Å². The van der Waals surface area contributed by atoms with Crippen LogP contribution in [0.2, 0.25) is 0 Å². The first-order valence-electron chi connectivity index (χ1n) is 7.54. The van der Waals surface area contributed by atoms with Gasteiger partial charge in [-0.3, -0.25) is 0 Å². The van der Waals surface area contributed by atoms with Gasteiger partial charge >= 0.3 is 0 Å². The van der Waals surface area contributed by atoms with Crippen LogP contribution in [0.4, 0.5) is 0 Å². The first-order valence-corrected chi connectivity index (χ1v) is 7.54. The maximum absolute atomic E-state index is 9.59. The summed E-state index contributed by atoms with van der Waals surface area (Å²) in [5, 5.41) is 12.0. The van der Waals surface area contributed by atoms with Gasteiger partial charge in [0.05, 0.1) is 11.6 Å². The van der Waals surface area contributed by atoms with E-state index in [9.17, 15) is 5.26 Å². The topological polar surface area (TPSA) is 23.8 Å². The molecule has 0 aromatic heterocycles. The molecule has 3 aromatic rings. The van der Waals surface area contributed by atoms with E-state index in [1.807, 2.05) is 18.2 Å². The largest absolute Gasteiger partial charge is 0.192 e. The number of nitriles is 1. The molecule has 0 saturated carbocycles. The summed E-state index contributed by atoms with van der Waals surface area (Å²) in [5.41, 5.74) is 4.14. The minimum absolute atomic E-state index is 0.0147. The van der Waals surface area contributed by atoms with Gasteiger partial charge in [0.25, 0.3) is 0 Å². The molecule has 0 spiro atoms. The second-order valence-corrected chi connectivity index (χ2v) is 6.62. The van der Waals surface area contributed by atoms with E-state index in [2.05, 4.69) is 69.3 Å². The number of hydrogen-bond donors (Lipinski definition) is 0. The average molecular weight is 285 g/mol. The standard InChI is InChI=1S/C21H19N/c1-21(2,3)19-13-7-10-16(14-22)20(19)18-12-6-9-15-8-4-5-11-17(15)18/h4-13H,1-3H3. The Hall–Kier alpha value is -2.59. The third-order valence-corrected chi connectivity index (χ3v) is 4.05. The fourth-order valence-electron chi connectivity index (χ4n) is 3.00. The highest BCUT2D eigenvalue weighted by atomic mass is 14.3. The number of rotatable bonds is 1. The molecule has 0 aliphatic heterocycles. The summed E-state index contributed by atoms with van der Waals surface area (Å²) in [4.78, 5) is 0. The Bertz CT molecular complexity index is 871. The van der Waals surface area contributed by atoms with Crippen molar-refractivity contribution >= 4 is 10.8 Å². The van der Waals surface area contributed by atoms with Gasteiger partial charge in [0, 0.05) is 5.56 Å². The Morgan fingerprint density at radius 2 is 1.50 bits per heavy atom. The van der Waals surface area contributed by atoms with Crippen molar-refractivity contribution in [1.29, 1.82) is 5.26 Å². The first-order chi connectivity index (χ1) is 10.5. The molecule has 0 N–H and O–H groups in total. The molecule has 0 fully saturated rings. The van der Waals surface area contributed by atoms with Crippen LogP contribution < -0.4 is 0 Å². The van der Waals surface area contributed by atoms with Crippen LogP contribution in [0.25, 0.3) is 21.9 Å². The molecule has 0 saturated heterocycles. The van der Waals surface area contributed by atoms with Crippen molar-refractivity contribution in [3.63, 3.8) is 0 Å². The van der Waals surface area contributed by atoms with Crippen molar-refractivity contribution in [1.82, 2.24) is 0 Å². The van der Waals surface area contributed by atoms with E-state index < -0.39 is 0 Å². The van der Waals surface area contributed by atoms with E-state index in [0.29, 0.717) is 0 Å². The van der Waals surface area contributed by atoms with Gasteiger partial charge in [0.1, 0.15) is 0 Å². The molecule has 0 bridgehead atoms. The predicted molar refractivity (Wildman–Crippen MR) is 92.8 cm³/mol. The van der Waals surface area contributed by atoms with E-state index >= 15 is 0 Å². The predicted octanol–water partition coefficient (Wildman–Crippen LogP) is 5.68. The van der Waals surface area contributed by atoms with Gasteiger partial charge < -0.3 is 0 Å². The van der Waals surface area contributed by atoms with Crippen molar-refractivity contribution in [2.45, 2.75) is 26.2 Å². The molecular formula is C21H19N. The monoisotopic (exact) mass is 285 g/mol. The lowest BCUT2D eigenvalue weighted by Crippen LogP contribution is -2.13. The Morgan fingerprint density at radius 1 is 0.818 bits per heavy atom. The van der Waals surface area contributed by atoms with Crippen molar-refractivity contribution in [3.05, 3.63) is 71.8 Å². The van der Waals surface area contributed by atoms with Gasteiger partial charge in [-0.05, 0) is 33.4 Å². The molecule has 22 heavy (non-hydrogen) atoms. The molecule has 108 valence electrons. The van der Waals surface area contributed by atoms with E-state index in [1.54, 1.807) is 0 Å². The normalized spacial score (nSPS) is 11.4. The van der Waals surface area contributed by atoms with E-state index in [-0.39, 0.29) is 5.41 Å². The lowest BCUT2D eigenvalue weighted by Gasteiger charge is -2.24. The smallest absolute Gasteiger partial charge is 0.0998 e. The zero-order valence-corrected chi connectivity index (χ0v) is 13.2. The van der Waals surface area contributed by atoms with Crippen LogP contribution in [-0.2, 0) is 5.41 Å². The van der Waals surface area contributed by atoms with Gasteiger partial charge in [0.2, 0.25) is 0 Å². The number of nitrogens with zero attached hydrogens (tertiary/aromatic N) is 1. The second-order valence-electron chi connectivity index (χ2n) is 6.62. The van der Waals surface area contributed by atoms with Gasteiger partial charge in [-0.2, -0.15) is 5.26 Å². The zero-order valence-electron chi connectivity index (χ0n) is 13.2. The Labute approximate surface area is 131 Å². The molecule has 0 unspecified atom stereocenters. The summed E-state index contributed by atoms with van der Waals surface area (Å²) in [7, 11) is 0. The summed E-state index contributed by atoms with van der Waals surface area (Å²) in [6.45, 7) is 6.58. The number of fused-ring (bicyclic) bond motifs is 1. The first kappa shape index (κ1) is 14.4. The molecule has 0 aliphatic carbocycles. The van der Waals surface area contributed by atoms with Gasteiger partial charge in [0.15, 0.2) is 0 Å². The zero-order chi connectivity index (χ0) is 15.7. The lowest BCUT2D eigenvalue weighted by atomic mass is 9.79. The van der Waals surface area contributed by atoms with E-state index in [1.165, 1.54) is 16.3 Å². The van der Waals surface area contributed by atoms with Crippen molar-refractivity contribution in [2.75, 3.05) is 0 Å². The summed E-state index contributed by atoms with van der Waals surface area (Å²) in [6, 6.07) is 23.0. The Kier molecular flexibility index (Phi) is 3.47. The number of hydrogen-bond acceptors (Lipinski definition) is 1. The van der Waals surface area contributed by atoms with Crippen LogP contribution in [0.3, 0.4) is 0 Å². The molecule has 0 aliphatic rings. The van der Waals surface area contributed by atoms with Crippen molar-refractivity contribution in [3.8, 4) is 17.2 Å². The summed E-state index contributed by atoms with van der Waals surface area (Å²) >= 11 is 0. The average Bonchev–Trinajstić information content (AvgIpc) is 2.52. The Morgan fingerprint density at radius 3 is 2.23 bits per heavy atom. The van der Waals surface area contributed by atoms with Gasteiger partial charge in [-0.15, -0.1) is 0 Å². The van der Waals surface area contributed by atoms with Crippen LogP contribution in [-0.4, -0.2) is 0 Å². The molecule has 0 atom stereocenters. The van der Waals surface area contributed by atoms with Gasteiger partial charge in [-0.1, -0.05) is 75.4 Å². The molecule has 0 amide bonds. The lowest BCUT2D eigenvalue weighted by molar-refractivity contribution is 0.592. The van der Waals surface area contributed by atoms with E-state index in [4.69, 9.17) is 0 Å². The van der Waals surface area contributed by atoms with Crippen LogP contribution >= 0.6 is 0 Å². The molecule has 1 nitrogen and oxygen atoms in total. The molecular weight excluding hydrogens is 266 g/mol.